The number of rotatable bonds is 7. The summed E-state index contributed by atoms with van der Waals surface area (Å²) >= 11 is 0. The first-order chi connectivity index (χ1) is 17.1. The highest BCUT2D eigenvalue weighted by Crippen LogP contribution is 2.48. The molecular formula is C30H34N2O4. The third kappa shape index (κ3) is 5.18. The highest BCUT2D eigenvalue weighted by molar-refractivity contribution is 5.97. The number of ether oxygens (including phenoxy) is 2. The molecule has 3 aromatic carbocycles. The van der Waals surface area contributed by atoms with Crippen LogP contribution in [0.25, 0.3) is 10.8 Å². The number of carbonyl (C=O) groups is 2. The van der Waals surface area contributed by atoms with Gasteiger partial charge in [-0.25, -0.2) is 4.79 Å². The predicted molar refractivity (Wildman–Crippen MR) is 140 cm³/mol. The normalized spacial score (nSPS) is 17.2. The van der Waals surface area contributed by atoms with Gasteiger partial charge in [-0.05, 0) is 87.4 Å². The lowest BCUT2D eigenvalue weighted by Gasteiger charge is -2.24. The topological polar surface area (TPSA) is 76.7 Å². The first-order valence-electron chi connectivity index (χ1n) is 12.6. The summed E-state index contributed by atoms with van der Waals surface area (Å²) in [5.74, 6) is 0.509. The van der Waals surface area contributed by atoms with Gasteiger partial charge >= 0.3 is 6.09 Å². The molecule has 2 aliphatic carbocycles. The zero-order valence-corrected chi connectivity index (χ0v) is 21.4. The van der Waals surface area contributed by atoms with Gasteiger partial charge in [-0.3, -0.25) is 4.79 Å². The van der Waals surface area contributed by atoms with E-state index in [2.05, 4.69) is 41.0 Å². The molecule has 0 bridgehead atoms. The number of alkyl carbamates (subject to hydrolysis) is 1. The minimum atomic E-state index is -0.550. The standard InChI is InChI=1S/C30H34N2O4/c1-20-12-13-22(35-19-29(14-15-29)32-27(34)36-28(2,3)4)18-24(20)26(33)31-30(16-17-30)25-11-7-9-21-8-5-6-10-23(21)25/h5-13,18H,14-17,19H2,1-4H3,(H,31,33)(H,32,34). The van der Waals surface area contributed by atoms with Gasteiger partial charge in [-0.2, -0.15) is 0 Å². The van der Waals surface area contributed by atoms with E-state index in [0.717, 1.165) is 31.2 Å². The van der Waals surface area contributed by atoms with Crippen molar-refractivity contribution in [1.29, 1.82) is 0 Å². The summed E-state index contributed by atoms with van der Waals surface area (Å²) in [7, 11) is 0. The third-order valence-corrected chi connectivity index (χ3v) is 7.00. The molecule has 2 N–H and O–H groups in total. The zero-order valence-electron chi connectivity index (χ0n) is 21.4. The van der Waals surface area contributed by atoms with Gasteiger partial charge in [0.2, 0.25) is 0 Å². The molecule has 5 rings (SSSR count). The maximum absolute atomic E-state index is 13.4. The lowest BCUT2D eigenvalue weighted by atomic mass is 9.96. The van der Waals surface area contributed by atoms with Crippen LogP contribution in [0.5, 0.6) is 5.75 Å². The van der Waals surface area contributed by atoms with Gasteiger partial charge in [0.25, 0.3) is 5.91 Å². The molecule has 2 aliphatic rings. The molecule has 36 heavy (non-hydrogen) atoms. The molecule has 0 unspecified atom stereocenters. The third-order valence-electron chi connectivity index (χ3n) is 7.00. The van der Waals surface area contributed by atoms with Gasteiger partial charge in [0.1, 0.15) is 18.0 Å². The van der Waals surface area contributed by atoms with E-state index in [1.165, 1.54) is 16.3 Å². The molecule has 2 fully saturated rings. The van der Waals surface area contributed by atoms with Crippen LogP contribution < -0.4 is 15.4 Å². The lowest BCUT2D eigenvalue weighted by molar-refractivity contribution is 0.0477. The van der Waals surface area contributed by atoms with Crippen LogP contribution in [0.2, 0.25) is 0 Å². The Morgan fingerprint density at radius 2 is 1.64 bits per heavy atom. The highest BCUT2D eigenvalue weighted by atomic mass is 16.6. The van der Waals surface area contributed by atoms with Gasteiger partial charge in [0.15, 0.2) is 0 Å². The minimum absolute atomic E-state index is 0.101. The molecule has 0 aliphatic heterocycles. The van der Waals surface area contributed by atoms with E-state index in [1.807, 2.05) is 52.0 Å². The molecule has 0 heterocycles. The second-order valence-electron chi connectivity index (χ2n) is 11.2. The van der Waals surface area contributed by atoms with Crippen LogP contribution in [-0.4, -0.2) is 29.7 Å². The Balaban J connectivity index is 1.27. The summed E-state index contributed by atoms with van der Waals surface area (Å²) < 4.78 is 11.4. The van der Waals surface area contributed by atoms with Crippen molar-refractivity contribution in [3.8, 4) is 5.75 Å². The molecule has 6 nitrogen and oxygen atoms in total. The summed E-state index contributed by atoms with van der Waals surface area (Å²) in [6, 6.07) is 20.2. The Morgan fingerprint density at radius 1 is 0.917 bits per heavy atom. The van der Waals surface area contributed by atoms with Crippen LogP contribution in [0.1, 0.15) is 67.9 Å². The van der Waals surface area contributed by atoms with E-state index in [9.17, 15) is 9.59 Å². The van der Waals surface area contributed by atoms with E-state index < -0.39 is 17.2 Å². The predicted octanol–water partition coefficient (Wildman–Crippen LogP) is 6.00. The van der Waals surface area contributed by atoms with Gasteiger partial charge in [0.05, 0.1) is 11.1 Å². The van der Waals surface area contributed by atoms with Crippen molar-refractivity contribution in [1.82, 2.24) is 10.6 Å². The number of aryl methyl sites for hydroxylation is 1. The van der Waals surface area contributed by atoms with E-state index in [1.54, 1.807) is 6.07 Å². The van der Waals surface area contributed by atoms with Crippen molar-refractivity contribution in [2.24, 2.45) is 0 Å². The van der Waals surface area contributed by atoms with Crippen molar-refractivity contribution < 1.29 is 19.1 Å². The van der Waals surface area contributed by atoms with Crippen LogP contribution in [-0.2, 0) is 10.3 Å². The Bertz CT molecular complexity index is 1310. The number of nitrogens with one attached hydrogen (secondary N) is 2. The summed E-state index contributed by atoms with van der Waals surface area (Å²) in [6.45, 7) is 7.79. The van der Waals surface area contributed by atoms with Gasteiger partial charge in [-0.1, -0.05) is 48.5 Å². The number of carbonyl (C=O) groups excluding carboxylic acids is 2. The van der Waals surface area contributed by atoms with Crippen molar-refractivity contribution >= 4 is 22.8 Å². The summed E-state index contributed by atoms with van der Waals surface area (Å²) in [6.07, 6.45) is 3.07. The maximum Gasteiger partial charge on any atom is 0.408 e. The number of benzene rings is 3. The fourth-order valence-electron chi connectivity index (χ4n) is 4.65. The molecule has 2 saturated carbocycles. The smallest absolute Gasteiger partial charge is 0.408 e. The maximum atomic E-state index is 13.4. The van der Waals surface area contributed by atoms with E-state index in [0.29, 0.717) is 17.9 Å². The number of fused-ring (bicyclic) bond motifs is 1. The Labute approximate surface area is 212 Å². The summed E-state index contributed by atoms with van der Waals surface area (Å²) in [4.78, 5) is 25.6. The van der Waals surface area contributed by atoms with Crippen LogP contribution in [0.3, 0.4) is 0 Å². The average molecular weight is 487 g/mol. The molecule has 0 atom stereocenters. The first-order valence-corrected chi connectivity index (χ1v) is 12.6. The fraction of sp³-hybridized carbons (Fsp3) is 0.400. The zero-order chi connectivity index (χ0) is 25.6. The average Bonchev–Trinajstić information content (AvgIpc) is 3.75. The Kier molecular flexibility index (Phi) is 5.93. The Hall–Kier alpha value is -3.54. The monoisotopic (exact) mass is 486 g/mol. The van der Waals surface area contributed by atoms with E-state index in [-0.39, 0.29) is 11.4 Å². The van der Waals surface area contributed by atoms with Crippen LogP contribution in [0.4, 0.5) is 4.79 Å². The van der Waals surface area contributed by atoms with Crippen LogP contribution in [0, 0.1) is 6.92 Å². The number of hydrogen-bond acceptors (Lipinski definition) is 4. The highest BCUT2D eigenvalue weighted by Gasteiger charge is 2.47. The Morgan fingerprint density at radius 3 is 2.33 bits per heavy atom. The van der Waals surface area contributed by atoms with Gasteiger partial charge in [-0.15, -0.1) is 0 Å². The lowest BCUT2D eigenvalue weighted by Crippen LogP contribution is -2.44. The SMILES string of the molecule is Cc1ccc(OCC2(NC(=O)OC(C)(C)C)CC2)cc1C(=O)NC1(c2cccc3ccccc23)CC1. The number of amides is 2. The minimum Gasteiger partial charge on any atom is -0.491 e. The van der Waals surface area contributed by atoms with Crippen LogP contribution in [0.15, 0.2) is 60.7 Å². The summed E-state index contributed by atoms with van der Waals surface area (Å²) in [5.41, 5.74) is 1.36. The fourth-order valence-corrected chi connectivity index (χ4v) is 4.65. The second kappa shape index (κ2) is 8.84. The van der Waals surface area contributed by atoms with Crippen molar-refractivity contribution in [3.63, 3.8) is 0 Å². The molecular weight excluding hydrogens is 452 g/mol. The summed E-state index contributed by atoms with van der Waals surface area (Å²) in [5, 5.41) is 8.63. The molecule has 188 valence electrons. The molecule has 3 aromatic rings. The molecule has 2 amide bonds. The van der Waals surface area contributed by atoms with Crippen LogP contribution >= 0.6 is 0 Å². The number of hydrogen-bond donors (Lipinski definition) is 2. The van der Waals surface area contributed by atoms with E-state index >= 15 is 0 Å². The van der Waals surface area contributed by atoms with Gasteiger partial charge < -0.3 is 20.1 Å². The van der Waals surface area contributed by atoms with Crippen molar-refractivity contribution in [2.75, 3.05) is 6.61 Å². The van der Waals surface area contributed by atoms with Crippen molar-refractivity contribution in [2.45, 2.75) is 70.1 Å². The largest absolute Gasteiger partial charge is 0.491 e. The first kappa shape index (κ1) is 24.2. The van der Waals surface area contributed by atoms with E-state index in [4.69, 9.17) is 9.47 Å². The van der Waals surface area contributed by atoms with Gasteiger partial charge in [0, 0.05) is 5.56 Å². The molecule has 0 aromatic heterocycles. The molecule has 6 heteroatoms. The molecule has 0 radical (unpaired) electrons. The van der Waals surface area contributed by atoms with Crippen molar-refractivity contribution in [3.05, 3.63) is 77.4 Å². The second-order valence-corrected chi connectivity index (χ2v) is 11.2. The molecule has 0 spiro atoms. The quantitative estimate of drug-likeness (QED) is 0.429. The molecule has 0 saturated heterocycles.